The van der Waals surface area contributed by atoms with Gasteiger partial charge in [0.25, 0.3) is 0 Å². The third kappa shape index (κ3) is 3.93. The van der Waals surface area contributed by atoms with Crippen LogP contribution in [0.15, 0.2) is 40.8 Å². The number of oxime groups is 1. The molecule has 0 radical (unpaired) electrons. The molecule has 154 valence electrons. The second-order valence-corrected chi connectivity index (χ2v) is 7.89. The van der Waals surface area contributed by atoms with Gasteiger partial charge in [0.1, 0.15) is 12.4 Å². The Morgan fingerprint density at radius 2 is 1.76 bits per heavy atom. The molecule has 1 atom stereocenters. The molecule has 2 aromatic rings. The molecule has 0 heterocycles. The molecule has 4 heteroatoms. The maximum absolute atomic E-state index is 13.1. The van der Waals surface area contributed by atoms with Gasteiger partial charge in [-0.3, -0.25) is 4.79 Å². The highest BCUT2D eigenvalue weighted by molar-refractivity contribution is 6.23. The summed E-state index contributed by atoms with van der Waals surface area (Å²) >= 11 is 0. The summed E-state index contributed by atoms with van der Waals surface area (Å²) in [5.41, 5.74) is 5.86. The van der Waals surface area contributed by atoms with Gasteiger partial charge in [-0.15, -0.1) is 0 Å². The van der Waals surface area contributed by atoms with E-state index in [4.69, 9.17) is 4.84 Å². The van der Waals surface area contributed by atoms with Crippen LogP contribution in [-0.2, 0) is 9.63 Å². The molecule has 0 saturated heterocycles. The van der Waals surface area contributed by atoms with Crippen molar-refractivity contribution in [3.63, 3.8) is 0 Å². The largest absolute Gasteiger partial charge is 0.511 e. The van der Waals surface area contributed by atoms with Crippen molar-refractivity contribution in [1.82, 2.24) is 0 Å². The van der Waals surface area contributed by atoms with E-state index in [0.717, 1.165) is 6.42 Å². The van der Waals surface area contributed by atoms with Crippen LogP contribution in [0.4, 0.5) is 0 Å². The first-order chi connectivity index (χ1) is 13.9. The Bertz CT molecular complexity index is 1000. The number of fused-ring (bicyclic) bond motifs is 1. The predicted octanol–water partition coefficient (Wildman–Crippen LogP) is 6.22. The first-order valence-electron chi connectivity index (χ1n) is 10.5. The number of benzene rings is 2. The third-order valence-corrected chi connectivity index (χ3v) is 6.08. The summed E-state index contributed by atoms with van der Waals surface area (Å²) in [6.45, 7) is 10.7. The lowest BCUT2D eigenvalue weighted by molar-refractivity contribution is -0.116. The highest BCUT2D eigenvalue weighted by atomic mass is 16.6. The average Bonchev–Trinajstić information content (AvgIpc) is 2.70. The fourth-order valence-electron chi connectivity index (χ4n) is 4.48. The topological polar surface area (TPSA) is 58.9 Å². The van der Waals surface area contributed by atoms with Gasteiger partial charge in [-0.2, -0.15) is 0 Å². The van der Waals surface area contributed by atoms with Crippen molar-refractivity contribution in [2.75, 3.05) is 6.61 Å². The van der Waals surface area contributed by atoms with Crippen LogP contribution in [0.5, 0.6) is 0 Å². The number of nitrogens with zero attached hydrogens (tertiary/aromatic N) is 1. The minimum Gasteiger partial charge on any atom is -0.511 e. The predicted molar refractivity (Wildman–Crippen MR) is 119 cm³/mol. The third-order valence-electron chi connectivity index (χ3n) is 6.08. The summed E-state index contributed by atoms with van der Waals surface area (Å²) in [6, 6.07) is 8.36. The number of allylic oxidation sites excluding steroid dienone is 2. The molecule has 1 N–H and O–H groups in total. The van der Waals surface area contributed by atoms with E-state index in [1.807, 2.05) is 19.9 Å². The quantitative estimate of drug-likeness (QED) is 0.468. The molecule has 1 unspecified atom stereocenters. The number of carbonyl (C=O) groups excluding carboxylic acids is 1. The van der Waals surface area contributed by atoms with Gasteiger partial charge in [0.05, 0.1) is 11.3 Å². The van der Waals surface area contributed by atoms with Crippen molar-refractivity contribution in [3.8, 4) is 0 Å². The highest BCUT2D eigenvalue weighted by Gasteiger charge is 2.33. The zero-order valence-electron chi connectivity index (χ0n) is 18.1. The molecule has 0 saturated carbocycles. The first-order valence-corrected chi connectivity index (χ1v) is 10.5. The molecule has 0 aromatic heterocycles. The van der Waals surface area contributed by atoms with Crippen molar-refractivity contribution in [1.29, 1.82) is 0 Å². The summed E-state index contributed by atoms with van der Waals surface area (Å²) in [5.74, 6) is 0.0534. The summed E-state index contributed by atoms with van der Waals surface area (Å²) in [7, 11) is 0. The normalized spacial score (nSPS) is 17.9. The fourth-order valence-corrected chi connectivity index (χ4v) is 4.48. The number of rotatable bonds is 6. The Morgan fingerprint density at radius 3 is 2.38 bits per heavy atom. The lowest BCUT2D eigenvalue weighted by Crippen LogP contribution is -2.24. The minimum absolute atomic E-state index is 0.0366. The smallest absolute Gasteiger partial charge is 0.168 e. The standard InChI is InChI=1S/C25H31NO3/c1-6-10-21(26-29-7-2)25-22(27)13-18(14-23(25)28)24-17(5)15(3)16(4)19-11-8-9-12-20(19)24/h8-9,11-12,18,27H,6-7,10,13-14H2,1-5H3/b26-21+. The SMILES string of the molecule is CCC/C(=N\OCC)C1=C(O)CC(c2c(C)c(C)c(C)c3ccccc23)CC1=O. The fraction of sp³-hybridized carbons (Fsp3) is 0.440. The molecular formula is C25H31NO3. The number of hydrogen-bond donors (Lipinski definition) is 1. The number of carbonyl (C=O) groups is 1. The number of hydrogen-bond acceptors (Lipinski definition) is 4. The van der Waals surface area contributed by atoms with Crippen LogP contribution in [0.3, 0.4) is 0 Å². The van der Waals surface area contributed by atoms with E-state index < -0.39 is 0 Å². The zero-order chi connectivity index (χ0) is 21.1. The van der Waals surface area contributed by atoms with Crippen molar-refractivity contribution < 1.29 is 14.7 Å². The van der Waals surface area contributed by atoms with Gasteiger partial charge < -0.3 is 9.94 Å². The van der Waals surface area contributed by atoms with Gasteiger partial charge >= 0.3 is 0 Å². The summed E-state index contributed by atoms with van der Waals surface area (Å²) in [5, 5.41) is 17.4. The number of Topliss-reactive ketones (excluding diaryl/α,β-unsaturated/α-hetero) is 1. The Hall–Kier alpha value is -2.62. The van der Waals surface area contributed by atoms with E-state index in [9.17, 15) is 9.90 Å². The van der Waals surface area contributed by atoms with Crippen LogP contribution in [-0.4, -0.2) is 23.2 Å². The number of aryl methyl sites for hydroxylation is 1. The van der Waals surface area contributed by atoms with E-state index in [2.05, 4.69) is 44.1 Å². The van der Waals surface area contributed by atoms with Crippen molar-refractivity contribution in [2.45, 2.75) is 66.2 Å². The Labute approximate surface area is 173 Å². The van der Waals surface area contributed by atoms with E-state index in [0.29, 0.717) is 37.2 Å². The van der Waals surface area contributed by atoms with Crippen LogP contribution < -0.4 is 0 Å². The van der Waals surface area contributed by atoms with Gasteiger partial charge in [-0.25, -0.2) is 0 Å². The molecule has 29 heavy (non-hydrogen) atoms. The number of ketones is 1. The van der Waals surface area contributed by atoms with Crippen LogP contribution >= 0.6 is 0 Å². The van der Waals surface area contributed by atoms with Gasteiger partial charge in [0.15, 0.2) is 5.78 Å². The summed E-state index contributed by atoms with van der Waals surface area (Å²) in [4.78, 5) is 18.3. The van der Waals surface area contributed by atoms with E-state index in [1.54, 1.807) is 0 Å². The van der Waals surface area contributed by atoms with Crippen molar-refractivity contribution in [2.24, 2.45) is 5.16 Å². The van der Waals surface area contributed by atoms with Gasteiger partial charge in [-0.05, 0) is 73.1 Å². The Morgan fingerprint density at radius 1 is 1.07 bits per heavy atom. The average molecular weight is 394 g/mol. The van der Waals surface area contributed by atoms with Gasteiger partial charge in [0.2, 0.25) is 0 Å². The molecule has 0 amide bonds. The molecule has 0 spiro atoms. The summed E-state index contributed by atoms with van der Waals surface area (Å²) in [6.07, 6.45) is 2.27. The number of aliphatic hydroxyl groups is 1. The molecule has 0 aliphatic heterocycles. The molecule has 4 nitrogen and oxygen atoms in total. The second-order valence-electron chi connectivity index (χ2n) is 7.89. The van der Waals surface area contributed by atoms with Crippen LogP contribution in [0.2, 0.25) is 0 Å². The molecule has 1 aliphatic rings. The maximum atomic E-state index is 13.1. The first kappa shape index (κ1) is 21.1. The lowest BCUT2D eigenvalue weighted by Gasteiger charge is -2.28. The van der Waals surface area contributed by atoms with E-state index >= 15 is 0 Å². The Kier molecular flexibility index (Phi) is 6.41. The van der Waals surface area contributed by atoms with Gasteiger partial charge in [0, 0.05) is 12.8 Å². The molecule has 0 bridgehead atoms. The van der Waals surface area contributed by atoms with Crippen LogP contribution in [0, 0.1) is 20.8 Å². The molecule has 1 aliphatic carbocycles. The second kappa shape index (κ2) is 8.81. The summed E-state index contributed by atoms with van der Waals surface area (Å²) < 4.78 is 0. The van der Waals surface area contributed by atoms with Crippen LogP contribution in [0.1, 0.15) is 67.7 Å². The van der Waals surface area contributed by atoms with Crippen molar-refractivity contribution >= 4 is 22.3 Å². The highest BCUT2D eigenvalue weighted by Crippen LogP contribution is 2.41. The maximum Gasteiger partial charge on any atom is 0.168 e. The molecule has 2 aromatic carbocycles. The van der Waals surface area contributed by atoms with E-state index in [1.165, 1.54) is 33.0 Å². The van der Waals surface area contributed by atoms with Crippen LogP contribution in [0.25, 0.3) is 10.8 Å². The molecule has 0 fully saturated rings. The lowest BCUT2D eigenvalue weighted by atomic mass is 9.76. The number of aliphatic hydroxyl groups excluding tert-OH is 1. The van der Waals surface area contributed by atoms with Crippen molar-refractivity contribution in [3.05, 3.63) is 57.9 Å². The minimum atomic E-state index is -0.0487. The Balaban J connectivity index is 2.09. The molecular weight excluding hydrogens is 362 g/mol. The van der Waals surface area contributed by atoms with Gasteiger partial charge in [-0.1, -0.05) is 42.8 Å². The molecule has 3 rings (SSSR count). The van der Waals surface area contributed by atoms with E-state index in [-0.39, 0.29) is 17.5 Å². The zero-order valence-corrected chi connectivity index (χ0v) is 18.1. The monoisotopic (exact) mass is 393 g/mol.